The number of hydrogen-bond acceptors (Lipinski definition) is 8. The van der Waals surface area contributed by atoms with Gasteiger partial charge in [0.2, 0.25) is 5.91 Å². The smallest absolute Gasteiger partial charge is 0.410 e. The molecule has 0 bridgehead atoms. The number of aromatic nitrogens is 3. The van der Waals surface area contributed by atoms with Crippen molar-refractivity contribution in [1.82, 2.24) is 25.0 Å². The largest absolute Gasteiger partial charge is 0.448 e. The summed E-state index contributed by atoms with van der Waals surface area (Å²) in [6.45, 7) is 5.37. The minimum absolute atomic E-state index is 0.0558. The van der Waals surface area contributed by atoms with Crippen LogP contribution in [0.5, 0.6) is 0 Å². The highest BCUT2D eigenvalue weighted by Crippen LogP contribution is 2.17. The topological polar surface area (TPSA) is 104 Å². The van der Waals surface area contributed by atoms with Crippen LogP contribution in [0.25, 0.3) is 0 Å². The van der Waals surface area contributed by atoms with Crippen LogP contribution in [0.4, 0.5) is 22.2 Å². The number of piperazine rings is 1. The molecule has 0 atom stereocenters. The average molecular weight is 397 g/mol. The number of amides is 2. The first-order chi connectivity index (χ1) is 14.1. The van der Waals surface area contributed by atoms with E-state index < -0.39 is 6.09 Å². The molecule has 2 aliphatic heterocycles. The summed E-state index contributed by atoms with van der Waals surface area (Å²) in [7, 11) is 0. The molecule has 10 heteroatoms. The Bertz CT molecular complexity index is 864. The summed E-state index contributed by atoms with van der Waals surface area (Å²) in [5, 5.41) is 11.6. The summed E-state index contributed by atoms with van der Waals surface area (Å²) in [6, 6.07) is 7.63. The number of carbonyl (C=O) groups excluding carboxylic acids is 2. The fourth-order valence-corrected chi connectivity index (χ4v) is 3.25. The lowest BCUT2D eigenvalue weighted by atomic mass is 10.3. The minimum Gasteiger partial charge on any atom is -0.448 e. The van der Waals surface area contributed by atoms with Gasteiger partial charge in [-0.3, -0.25) is 9.69 Å². The zero-order valence-corrected chi connectivity index (χ0v) is 16.2. The van der Waals surface area contributed by atoms with Crippen LogP contribution in [0.2, 0.25) is 0 Å². The quantitative estimate of drug-likeness (QED) is 0.798. The molecule has 2 saturated heterocycles. The Morgan fingerprint density at radius 1 is 1.07 bits per heavy atom. The van der Waals surface area contributed by atoms with Crippen molar-refractivity contribution in [1.29, 1.82) is 0 Å². The Hall–Kier alpha value is -3.43. The second-order valence-electron chi connectivity index (χ2n) is 7.03. The SMILES string of the molecule is Cc1ccc(Nc2ccc(N3CCN(C(=O)CN4CCOC4=O)CC3)nn2)nc1. The predicted octanol–water partition coefficient (Wildman–Crippen LogP) is 1.02. The number of pyridine rings is 1. The van der Waals surface area contributed by atoms with E-state index in [1.807, 2.05) is 31.2 Å². The number of nitrogens with one attached hydrogen (secondary N) is 1. The molecule has 0 aliphatic carbocycles. The number of nitrogens with zero attached hydrogens (tertiary/aromatic N) is 6. The van der Waals surface area contributed by atoms with E-state index in [1.165, 1.54) is 4.90 Å². The standard InChI is InChI=1S/C19H23N7O3/c1-14-2-3-15(20-12-14)21-16-4-5-17(23-22-16)24-6-8-25(9-7-24)18(27)13-26-10-11-29-19(26)28/h2-5,12H,6-11,13H2,1H3,(H,20,21,22). The highest BCUT2D eigenvalue weighted by Gasteiger charge is 2.28. The van der Waals surface area contributed by atoms with Gasteiger partial charge in [-0.15, -0.1) is 10.2 Å². The molecule has 0 aromatic carbocycles. The van der Waals surface area contributed by atoms with Gasteiger partial charge >= 0.3 is 6.09 Å². The van der Waals surface area contributed by atoms with Crippen LogP contribution < -0.4 is 10.2 Å². The van der Waals surface area contributed by atoms with E-state index >= 15 is 0 Å². The van der Waals surface area contributed by atoms with Gasteiger partial charge in [-0.2, -0.15) is 0 Å². The fraction of sp³-hybridized carbons (Fsp3) is 0.421. The van der Waals surface area contributed by atoms with Crippen molar-refractivity contribution in [3.05, 3.63) is 36.0 Å². The maximum Gasteiger partial charge on any atom is 0.410 e. The highest BCUT2D eigenvalue weighted by atomic mass is 16.6. The van der Waals surface area contributed by atoms with E-state index in [1.54, 1.807) is 11.1 Å². The average Bonchev–Trinajstić information content (AvgIpc) is 3.15. The van der Waals surface area contributed by atoms with Crippen LogP contribution >= 0.6 is 0 Å². The molecule has 2 fully saturated rings. The lowest BCUT2D eigenvalue weighted by molar-refractivity contribution is -0.132. The van der Waals surface area contributed by atoms with Gasteiger partial charge in [0.1, 0.15) is 19.0 Å². The monoisotopic (exact) mass is 397 g/mol. The summed E-state index contributed by atoms with van der Waals surface area (Å²) >= 11 is 0. The van der Waals surface area contributed by atoms with Crippen LogP contribution in [-0.2, 0) is 9.53 Å². The molecule has 4 rings (SSSR count). The molecule has 2 amide bonds. The van der Waals surface area contributed by atoms with Gasteiger partial charge in [-0.25, -0.2) is 9.78 Å². The fourth-order valence-electron chi connectivity index (χ4n) is 3.25. The Morgan fingerprint density at radius 2 is 1.86 bits per heavy atom. The summed E-state index contributed by atoms with van der Waals surface area (Å²) in [5.74, 6) is 2.05. The lowest BCUT2D eigenvalue weighted by Crippen LogP contribution is -2.51. The summed E-state index contributed by atoms with van der Waals surface area (Å²) in [5.41, 5.74) is 1.09. The molecule has 2 aliphatic rings. The first kappa shape index (κ1) is 18.9. The van der Waals surface area contributed by atoms with Gasteiger partial charge in [-0.1, -0.05) is 6.07 Å². The molecule has 0 saturated carbocycles. The summed E-state index contributed by atoms with van der Waals surface area (Å²) in [4.78, 5) is 33.5. The van der Waals surface area contributed by atoms with E-state index in [0.29, 0.717) is 51.0 Å². The van der Waals surface area contributed by atoms with Gasteiger partial charge in [0.15, 0.2) is 11.6 Å². The number of aryl methyl sites for hydroxylation is 1. The molecule has 152 valence electrons. The number of carbonyl (C=O) groups is 2. The summed E-state index contributed by atoms with van der Waals surface area (Å²) in [6.07, 6.45) is 1.37. The molecule has 2 aromatic heterocycles. The molecule has 0 unspecified atom stereocenters. The normalized spacial score (nSPS) is 16.7. The number of rotatable bonds is 5. The van der Waals surface area contributed by atoms with Gasteiger partial charge in [-0.05, 0) is 30.7 Å². The maximum absolute atomic E-state index is 12.4. The van der Waals surface area contributed by atoms with Crippen molar-refractivity contribution in [2.45, 2.75) is 6.92 Å². The van der Waals surface area contributed by atoms with E-state index in [-0.39, 0.29) is 12.5 Å². The van der Waals surface area contributed by atoms with Gasteiger partial charge in [0.05, 0.1) is 6.54 Å². The molecule has 4 heterocycles. The Morgan fingerprint density at radius 3 is 2.48 bits per heavy atom. The molecule has 0 spiro atoms. The molecular weight excluding hydrogens is 374 g/mol. The van der Waals surface area contributed by atoms with Crippen LogP contribution in [0.15, 0.2) is 30.5 Å². The van der Waals surface area contributed by atoms with E-state index in [0.717, 1.165) is 11.4 Å². The maximum atomic E-state index is 12.4. The Balaban J connectivity index is 1.28. The predicted molar refractivity (Wildman–Crippen MR) is 106 cm³/mol. The molecule has 2 aromatic rings. The van der Waals surface area contributed by atoms with E-state index in [4.69, 9.17) is 4.74 Å². The summed E-state index contributed by atoms with van der Waals surface area (Å²) < 4.78 is 4.86. The van der Waals surface area contributed by atoms with Crippen LogP contribution in [0, 0.1) is 6.92 Å². The van der Waals surface area contributed by atoms with Gasteiger partial charge in [0.25, 0.3) is 0 Å². The second kappa shape index (κ2) is 8.29. The first-order valence-corrected chi connectivity index (χ1v) is 9.56. The van der Waals surface area contributed by atoms with Crippen molar-refractivity contribution in [2.24, 2.45) is 0 Å². The minimum atomic E-state index is -0.415. The number of cyclic esters (lactones) is 1. The van der Waals surface area contributed by atoms with Crippen molar-refractivity contribution in [2.75, 3.05) is 56.1 Å². The van der Waals surface area contributed by atoms with E-state index in [9.17, 15) is 9.59 Å². The third-order valence-corrected chi connectivity index (χ3v) is 4.95. The Labute approximate surface area is 168 Å². The molecule has 1 N–H and O–H groups in total. The molecular formula is C19H23N7O3. The van der Waals surface area contributed by atoms with Crippen LogP contribution in [0.3, 0.4) is 0 Å². The lowest BCUT2D eigenvalue weighted by Gasteiger charge is -2.35. The van der Waals surface area contributed by atoms with Crippen molar-refractivity contribution in [3.8, 4) is 0 Å². The van der Waals surface area contributed by atoms with Gasteiger partial charge in [0, 0.05) is 32.4 Å². The van der Waals surface area contributed by atoms with Crippen molar-refractivity contribution >= 4 is 29.5 Å². The van der Waals surface area contributed by atoms with Crippen LogP contribution in [-0.4, -0.2) is 82.9 Å². The van der Waals surface area contributed by atoms with Crippen LogP contribution in [0.1, 0.15) is 5.56 Å². The zero-order valence-electron chi connectivity index (χ0n) is 16.2. The number of ether oxygens (including phenoxy) is 1. The molecule has 10 nitrogen and oxygen atoms in total. The number of hydrogen-bond donors (Lipinski definition) is 1. The van der Waals surface area contributed by atoms with Crippen molar-refractivity contribution < 1.29 is 14.3 Å². The second-order valence-corrected chi connectivity index (χ2v) is 7.03. The third kappa shape index (κ3) is 4.53. The zero-order chi connectivity index (χ0) is 20.2. The molecule has 29 heavy (non-hydrogen) atoms. The van der Waals surface area contributed by atoms with Gasteiger partial charge < -0.3 is 19.9 Å². The van der Waals surface area contributed by atoms with E-state index in [2.05, 4.69) is 25.4 Å². The molecule has 0 radical (unpaired) electrons. The highest BCUT2D eigenvalue weighted by molar-refractivity contribution is 5.83. The first-order valence-electron chi connectivity index (χ1n) is 9.56. The van der Waals surface area contributed by atoms with Crippen molar-refractivity contribution in [3.63, 3.8) is 0 Å². The number of anilines is 3. The Kier molecular flexibility index (Phi) is 5.41. The third-order valence-electron chi connectivity index (χ3n) is 4.95.